The van der Waals surface area contributed by atoms with Crippen molar-refractivity contribution in [3.05, 3.63) is 39.9 Å². The Bertz CT molecular complexity index is 882. The van der Waals surface area contributed by atoms with Gasteiger partial charge in [0.1, 0.15) is 0 Å². The average molecular weight is 342 g/mol. The fourth-order valence-corrected chi connectivity index (χ4v) is 5.54. The number of hydrogen-bond donors (Lipinski definition) is 2. The van der Waals surface area contributed by atoms with Crippen LogP contribution in [0.1, 0.15) is 11.5 Å². The summed E-state index contributed by atoms with van der Waals surface area (Å²) in [5.41, 5.74) is 3.68. The minimum Gasteiger partial charge on any atom is -0.327 e. The van der Waals surface area contributed by atoms with Gasteiger partial charge in [-0.3, -0.25) is 15.8 Å². The van der Waals surface area contributed by atoms with Gasteiger partial charge in [-0.25, -0.2) is 4.99 Å². The van der Waals surface area contributed by atoms with Gasteiger partial charge < -0.3 is 4.74 Å². The number of para-hydroxylation sites is 1. The first-order chi connectivity index (χ1) is 11.5. The molecule has 1 aromatic carbocycles. The summed E-state index contributed by atoms with van der Waals surface area (Å²) >= 11 is 1.38. The summed E-state index contributed by atoms with van der Waals surface area (Å²) in [7, 11) is 0. The Kier molecular flexibility index (Phi) is 2.78. The molecular weight excluding hydrogens is 330 g/mol. The lowest BCUT2D eigenvalue weighted by Gasteiger charge is -2.23. The number of hydrogen-bond acceptors (Lipinski definition) is 7. The number of amidine groups is 1. The number of nitriles is 2. The maximum atomic E-state index is 11.4. The van der Waals surface area contributed by atoms with Gasteiger partial charge in [0.15, 0.2) is 10.8 Å². The Morgan fingerprint density at radius 1 is 1.42 bits per heavy atom. The molecule has 3 aliphatic rings. The molecule has 2 aliphatic heterocycles. The number of nitro benzene ring substituents is 1. The summed E-state index contributed by atoms with van der Waals surface area (Å²) < 4.78 is 5.81. The van der Waals surface area contributed by atoms with E-state index in [1.807, 2.05) is 0 Å². The maximum Gasteiger partial charge on any atom is 0.277 e. The van der Waals surface area contributed by atoms with Crippen molar-refractivity contribution in [3.8, 4) is 12.1 Å². The second-order valence-corrected chi connectivity index (χ2v) is 7.21. The third kappa shape index (κ3) is 1.32. The van der Waals surface area contributed by atoms with Crippen LogP contribution in [-0.2, 0) is 4.74 Å². The van der Waals surface area contributed by atoms with Gasteiger partial charge in [0.05, 0.1) is 29.6 Å². The molecular formula is C15H12N5O3S+. The van der Waals surface area contributed by atoms with Crippen LogP contribution < -0.4 is 10.7 Å². The Balaban J connectivity index is 1.97. The molecule has 120 valence electrons. The van der Waals surface area contributed by atoms with Crippen molar-refractivity contribution in [3.63, 3.8) is 0 Å². The van der Waals surface area contributed by atoms with Crippen molar-refractivity contribution in [2.24, 2.45) is 16.6 Å². The van der Waals surface area contributed by atoms with Crippen molar-refractivity contribution < 1.29 is 14.7 Å². The number of nitrogens with zero attached hydrogens (tertiary/aromatic N) is 3. The molecule has 1 saturated heterocycles. The molecule has 1 saturated carbocycles. The summed E-state index contributed by atoms with van der Waals surface area (Å²) in [5.74, 6) is 0.0759. The fourth-order valence-electron chi connectivity index (χ4n) is 4.18. The quantitative estimate of drug-likeness (QED) is 0.549. The van der Waals surface area contributed by atoms with Gasteiger partial charge in [-0.1, -0.05) is 30.0 Å². The highest BCUT2D eigenvalue weighted by atomic mass is 32.2. The van der Waals surface area contributed by atoms with E-state index in [0.29, 0.717) is 17.9 Å². The number of nitro groups is 1. The van der Waals surface area contributed by atoms with E-state index in [1.54, 1.807) is 18.2 Å². The minimum atomic E-state index is -1.34. The average Bonchev–Trinajstić information content (AvgIpc) is 2.83. The Morgan fingerprint density at radius 3 is 2.75 bits per heavy atom. The van der Waals surface area contributed by atoms with Crippen LogP contribution in [0.15, 0.2) is 24.3 Å². The number of nitrogens with two attached hydrogens (primary N) is 1. The summed E-state index contributed by atoms with van der Waals surface area (Å²) in [6.07, 6.45) is 0. The van der Waals surface area contributed by atoms with Gasteiger partial charge in [0.25, 0.3) is 16.6 Å². The van der Waals surface area contributed by atoms with Crippen molar-refractivity contribution in [2.45, 2.75) is 11.0 Å². The monoisotopic (exact) mass is 342 g/mol. The lowest BCUT2D eigenvalue weighted by Crippen LogP contribution is -2.88. The Morgan fingerprint density at radius 2 is 2.17 bits per heavy atom. The maximum absolute atomic E-state index is 11.4. The summed E-state index contributed by atoms with van der Waals surface area (Å²) in [6.45, 7) is 0.416. The van der Waals surface area contributed by atoms with Crippen LogP contribution in [0.2, 0.25) is 0 Å². The smallest absolute Gasteiger partial charge is 0.277 e. The number of benzene rings is 1. The van der Waals surface area contributed by atoms with E-state index in [2.05, 4.69) is 17.1 Å². The molecule has 4 rings (SSSR count). The molecule has 0 aromatic heterocycles. The van der Waals surface area contributed by atoms with Gasteiger partial charge in [0.2, 0.25) is 0 Å². The predicted octanol–water partition coefficient (Wildman–Crippen LogP) is -0.419. The second-order valence-electron chi connectivity index (χ2n) is 5.94. The Hall–Kier alpha value is -2.62. The number of rotatable bonds is 2. The zero-order chi connectivity index (χ0) is 17.2. The number of thioether (sulfide) groups is 1. The van der Waals surface area contributed by atoms with E-state index in [1.165, 1.54) is 17.8 Å². The number of nitrogens with one attached hydrogen (secondary N) is 1. The third-order valence-corrected chi connectivity index (χ3v) is 6.46. The van der Waals surface area contributed by atoms with Gasteiger partial charge >= 0.3 is 0 Å². The van der Waals surface area contributed by atoms with Crippen LogP contribution >= 0.6 is 11.8 Å². The summed E-state index contributed by atoms with van der Waals surface area (Å²) in [6, 6.07) is 10.6. The number of ether oxygens (including phenoxy) is 1. The van der Waals surface area contributed by atoms with E-state index in [-0.39, 0.29) is 11.5 Å². The topological polar surface area (TPSA) is 140 Å². The first-order valence-electron chi connectivity index (χ1n) is 7.25. The molecule has 24 heavy (non-hydrogen) atoms. The van der Waals surface area contributed by atoms with E-state index in [4.69, 9.17) is 10.5 Å². The largest absolute Gasteiger partial charge is 0.327 e. The lowest BCUT2D eigenvalue weighted by molar-refractivity contribution is -0.583. The molecule has 1 aliphatic carbocycles. The lowest BCUT2D eigenvalue weighted by atomic mass is 9.95. The summed E-state index contributed by atoms with van der Waals surface area (Å²) in [5, 5.41) is 30.1. The van der Waals surface area contributed by atoms with E-state index >= 15 is 0 Å². The molecule has 1 spiro atoms. The first-order valence-corrected chi connectivity index (χ1v) is 8.24. The minimum absolute atomic E-state index is 0.118. The molecule has 2 heterocycles. The molecule has 4 atom stereocenters. The van der Waals surface area contributed by atoms with Crippen LogP contribution in [0.3, 0.4) is 0 Å². The highest BCUT2D eigenvalue weighted by Gasteiger charge is 2.97. The predicted molar refractivity (Wildman–Crippen MR) is 83.2 cm³/mol. The molecule has 1 aromatic rings. The van der Waals surface area contributed by atoms with Crippen LogP contribution in [0.5, 0.6) is 0 Å². The second kappa shape index (κ2) is 4.47. The Labute approximate surface area is 141 Å². The highest BCUT2D eigenvalue weighted by Crippen LogP contribution is 2.81. The standard InChI is InChI=1S/C15H11N5O3S/c16-7-13-11(9-3-1-2-4-10(9)20(21)22)14(13,8-17)15(19-12(13)18)23-5-6-24-15/h1-4,11H,5-6H2,(H2,18,19)/p+1/t11-,13-,14-,15-/m1/s1. The molecule has 9 heteroatoms. The zero-order valence-electron chi connectivity index (χ0n) is 12.4. The number of fused-ring (bicyclic) bond motifs is 2. The normalized spacial score (nSPS) is 38.9. The summed E-state index contributed by atoms with van der Waals surface area (Å²) in [4.78, 5) is 13.9. The van der Waals surface area contributed by atoms with Gasteiger partial charge in [-0.2, -0.15) is 10.5 Å². The van der Waals surface area contributed by atoms with Crippen LogP contribution in [0, 0.1) is 43.6 Å². The zero-order valence-corrected chi connectivity index (χ0v) is 13.2. The van der Waals surface area contributed by atoms with E-state index in [0.717, 1.165) is 0 Å². The van der Waals surface area contributed by atoms with Crippen LogP contribution in [-0.4, -0.2) is 28.2 Å². The highest BCUT2D eigenvalue weighted by molar-refractivity contribution is 8.00. The first kappa shape index (κ1) is 14.9. The molecule has 0 unspecified atom stereocenters. The van der Waals surface area contributed by atoms with Gasteiger partial charge in [-0.15, -0.1) is 0 Å². The van der Waals surface area contributed by atoms with Gasteiger partial charge in [0, 0.05) is 17.4 Å². The fraction of sp³-hybridized carbons (Fsp3) is 0.400. The van der Waals surface area contributed by atoms with Crippen LogP contribution in [0.25, 0.3) is 0 Å². The van der Waals surface area contributed by atoms with Crippen molar-refractivity contribution >= 4 is 23.3 Å². The molecule has 0 bridgehead atoms. The van der Waals surface area contributed by atoms with Crippen LogP contribution in [0.4, 0.5) is 5.69 Å². The SMILES string of the molecule is N#C[C@@]12[C@H](c3ccccc3[N+](=O)[O-])[C@]1(C#N)C(N)=[NH+][C@@]21OCCS1. The molecule has 0 amide bonds. The van der Waals surface area contributed by atoms with Crippen molar-refractivity contribution in [1.82, 2.24) is 0 Å². The third-order valence-electron chi connectivity index (χ3n) is 5.14. The van der Waals surface area contributed by atoms with E-state index < -0.39 is 26.7 Å². The van der Waals surface area contributed by atoms with E-state index in [9.17, 15) is 20.6 Å². The molecule has 0 radical (unpaired) electrons. The van der Waals surface area contributed by atoms with Crippen molar-refractivity contribution in [1.29, 1.82) is 10.5 Å². The van der Waals surface area contributed by atoms with Crippen molar-refractivity contribution in [2.75, 3.05) is 12.4 Å². The molecule has 8 nitrogen and oxygen atoms in total. The molecule has 3 N–H and O–H groups in total. The van der Waals surface area contributed by atoms with Gasteiger partial charge in [-0.05, 0) is 0 Å². The molecule has 2 fully saturated rings.